The quantitative estimate of drug-likeness (QED) is 0.529. The Morgan fingerprint density at radius 1 is 1.44 bits per heavy atom. The molecular weight excluding hydrogens is 116 g/mol. The van der Waals surface area contributed by atoms with E-state index in [1.54, 1.807) is 0 Å². The fraction of sp³-hybridized carbons (Fsp3) is 1.00. The summed E-state index contributed by atoms with van der Waals surface area (Å²) in [5.41, 5.74) is 5.74. The minimum absolute atomic E-state index is 0.0162. The second-order valence-electron chi connectivity index (χ2n) is 3.31. The third-order valence-corrected chi connectivity index (χ3v) is 1.39. The van der Waals surface area contributed by atoms with E-state index in [0.717, 1.165) is 0 Å². The van der Waals surface area contributed by atoms with Gasteiger partial charge in [0.1, 0.15) is 0 Å². The van der Waals surface area contributed by atoms with E-state index >= 15 is 0 Å². The maximum atomic E-state index is 5.66. The molecule has 0 heterocycles. The van der Waals surface area contributed by atoms with Crippen molar-refractivity contribution in [2.45, 2.75) is 26.8 Å². The highest BCUT2D eigenvalue weighted by Crippen LogP contribution is 2.16. The molecule has 0 aliphatic carbocycles. The van der Waals surface area contributed by atoms with Crippen LogP contribution in [0.1, 0.15) is 20.8 Å². The van der Waals surface area contributed by atoms with Gasteiger partial charge in [0.05, 0.1) is 6.61 Å². The molecule has 0 radical (unpaired) electrons. The molecule has 0 amide bonds. The van der Waals surface area contributed by atoms with Crippen molar-refractivity contribution in [2.24, 2.45) is 17.0 Å². The van der Waals surface area contributed by atoms with Crippen LogP contribution in [-0.4, -0.2) is 12.6 Å². The van der Waals surface area contributed by atoms with E-state index in [9.17, 15) is 0 Å². The van der Waals surface area contributed by atoms with Crippen LogP contribution >= 0.6 is 0 Å². The van der Waals surface area contributed by atoms with Crippen molar-refractivity contribution in [1.82, 2.24) is 0 Å². The van der Waals surface area contributed by atoms with Gasteiger partial charge in [0.15, 0.2) is 0 Å². The van der Waals surface area contributed by atoms with Crippen molar-refractivity contribution >= 4 is 0 Å². The van der Waals surface area contributed by atoms with Crippen LogP contribution in [0.25, 0.3) is 0 Å². The van der Waals surface area contributed by atoms with Crippen molar-refractivity contribution in [3.8, 4) is 0 Å². The van der Waals surface area contributed by atoms with E-state index in [2.05, 4.69) is 25.6 Å². The van der Waals surface area contributed by atoms with Gasteiger partial charge in [0.25, 0.3) is 0 Å². The van der Waals surface area contributed by atoms with Crippen LogP contribution < -0.4 is 11.6 Å². The Hall–Kier alpha value is -0.120. The average molecular weight is 132 g/mol. The van der Waals surface area contributed by atoms with E-state index in [1.165, 1.54) is 0 Å². The van der Waals surface area contributed by atoms with Crippen molar-refractivity contribution < 1.29 is 4.84 Å². The standard InChI is InChI=1S/C6H16N2O/c1-6(2,3)5(7)4-9-8/h5H,4,7-8H2,1-3H3. The summed E-state index contributed by atoms with van der Waals surface area (Å²) in [6.45, 7) is 6.58. The van der Waals surface area contributed by atoms with Gasteiger partial charge in [0, 0.05) is 6.04 Å². The molecule has 4 N–H and O–H groups in total. The third kappa shape index (κ3) is 3.46. The highest BCUT2D eigenvalue weighted by molar-refractivity contribution is 4.75. The van der Waals surface area contributed by atoms with Gasteiger partial charge in [-0.25, -0.2) is 5.90 Å². The Morgan fingerprint density at radius 3 is 2.00 bits per heavy atom. The topological polar surface area (TPSA) is 61.3 Å². The highest BCUT2D eigenvalue weighted by atomic mass is 16.6. The smallest absolute Gasteiger partial charge is 0.0835 e. The molecule has 0 aliphatic heterocycles. The summed E-state index contributed by atoms with van der Waals surface area (Å²) < 4.78 is 0. The number of nitrogens with two attached hydrogens (primary N) is 2. The zero-order valence-corrected chi connectivity index (χ0v) is 6.35. The predicted octanol–water partition coefficient (Wildman–Crippen LogP) is 0.250. The Labute approximate surface area is 56.3 Å². The lowest BCUT2D eigenvalue weighted by atomic mass is 9.88. The first kappa shape index (κ1) is 8.88. The van der Waals surface area contributed by atoms with Gasteiger partial charge in [-0.1, -0.05) is 20.8 Å². The van der Waals surface area contributed by atoms with Gasteiger partial charge in [-0.05, 0) is 5.41 Å². The maximum absolute atomic E-state index is 5.66. The molecule has 9 heavy (non-hydrogen) atoms. The Bertz CT molecular complexity index is 77.6. The fourth-order valence-corrected chi connectivity index (χ4v) is 0.354. The molecule has 0 bridgehead atoms. The Balaban J connectivity index is 3.59. The Morgan fingerprint density at radius 2 is 1.89 bits per heavy atom. The largest absolute Gasteiger partial charge is 0.325 e. The van der Waals surface area contributed by atoms with Crippen molar-refractivity contribution in [2.75, 3.05) is 6.61 Å². The molecule has 0 rings (SSSR count). The fourth-order valence-electron chi connectivity index (χ4n) is 0.354. The minimum atomic E-state index is 0.0162. The summed E-state index contributed by atoms with van der Waals surface area (Å²) in [5.74, 6) is 4.85. The van der Waals surface area contributed by atoms with Crippen LogP contribution in [-0.2, 0) is 4.84 Å². The molecule has 0 aromatic carbocycles. The SMILES string of the molecule is CC(C)(C)C(N)CON. The van der Waals surface area contributed by atoms with Crippen molar-refractivity contribution in [3.05, 3.63) is 0 Å². The van der Waals surface area contributed by atoms with Gasteiger partial charge < -0.3 is 10.6 Å². The first-order chi connectivity index (χ1) is 3.98. The maximum Gasteiger partial charge on any atom is 0.0835 e. The monoisotopic (exact) mass is 132 g/mol. The summed E-state index contributed by atoms with van der Waals surface area (Å²) in [6, 6.07) is 0.0162. The molecule has 3 heteroatoms. The lowest BCUT2D eigenvalue weighted by Crippen LogP contribution is -2.39. The molecule has 0 fully saturated rings. The lowest BCUT2D eigenvalue weighted by molar-refractivity contribution is 0.0916. The van der Waals surface area contributed by atoms with E-state index in [0.29, 0.717) is 6.61 Å². The van der Waals surface area contributed by atoms with E-state index in [1.807, 2.05) is 0 Å². The Kier molecular flexibility index (Phi) is 3.11. The lowest BCUT2D eigenvalue weighted by Gasteiger charge is -2.25. The van der Waals surface area contributed by atoms with Crippen LogP contribution in [0.4, 0.5) is 0 Å². The molecule has 0 saturated heterocycles. The molecule has 56 valence electrons. The molecular formula is C6H16N2O. The molecule has 0 aromatic heterocycles. The minimum Gasteiger partial charge on any atom is -0.325 e. The number of rotatable bonds is 2. The molecule has 0 saturated carbocycles. The number of hydrogen-bond acceptors (Lipinski definition) is 3. The molecule has 0 aliphatic rings. The summed E-state index contributed by atoms with van der Waals surface area (Å²) in [5, 5.41) is 0. The summed E-state index contributed by atoms with van der Waals surface area (Å²) >= 11 is 0. The first-order valence-corrected chi connectivity index (χ1v) is 3.05. The van der Waals surface area contributed by atoms with Gasteiger partial charge in [-0.15, -0.1) is 0 Å². The zero-order chi connectivity index (χ0) is 7.49. The molecule has 3 nitrogen and oxygen atoms in total. The van der Waals surface area contributed by atoms with Crippen LogP contribution in [0.5, 0.6) is 0 Å². The van der Waals surface area contributed by atoms with E-state index < -0.39 is 0 Å². The molecule has 1 unspecified atom stereocenters. The highest BCUT2D eigenvalue weighted by Gasteiger charge is 2.19. The van der Waals surface area contributed by atoms with Crippen molar-refractivity contribution in [1.29, 1.82) is 0 Å². The summed E-state index contributed by atoms with van der Waals surface area (Å²) in [7, 11) is 0. The second kappa shape index (κ2) is 3.15. The van der Waals surface area contributed by atoms with Crippen LogP contribution in [0.15, 0.2) is 0 Å². The normalized spacial score (nSPS) is 15.7. The second-order valence-corrected chi connectivity index (χ2v) is 3.31. The zero-order valence-electron chi connectivity index (χ0n) is 6.35. The van der Waals surface area contributed by atoms with Crippen molar-refractivity contribution in [3.63, 3.8) is 0 Å². The first-order valence-electron chi connectivity index (χ1n) is 3.05. The van der Waals surface area contributed by atoms with Gasteiger partial charge in [-0.3, -0.25) is 0 Å². The van der Waals surface area contributed by atoms with Crippen LogP contribution in [0.3, 0.4) is 0 Å². The average Bonchev–Trinajstić information content (AvgIpc) is 1.64. The third-order valence-electron chi connectivity index (χ3n) is 1.39. The summed E-state index contributed by atoms with van der Waals surface area (Å²) in [4.78, 5) is 4.41. The molecule has 0 aromatic rings. The number of hydrogen-bond donors (Lipinski definition) is 2. The van der Waals surface area contributed by atoms with E-state index in [4.69, 9.17) is 11.6 Å². The van der Waals surface area contributed by atoms with Crippen LogP contribution in [0.2, 0.25) is 0 Å². The van der Waals surface area contributed by atoms with Gasteiger partial charge in [0.2, 0.25) is 0 Å². The predicted molar refractivity (Wildman–Crippen MR) is 37.6 cm³/mol. The van der Waals surface area contributed by atoms with E-state index in [-0.39, 0.29) is 11.5 Å². The van der Waals surface area contributed by atoms with Crippen LogP contribution in [0, 0.1) is 5.41 Å². The summed E-state index contributed by atoms with van der Waals surface area (Å²) in [6.07, 6.45) is 0. The molecule has 0 spiro atoms. The van der Waals surface area contributed by atoms with Gasteiger partial charge in [-0.2, -0.15) is 0 Å². The molecule has 1 atom stereocenters. The van der Waals surface area contributed by atoms with Gasteiger partial charge >= 0.3 is 0 Å².